The van der Waals surface area contributed by atoms with E-state index >= 15 is 0 Å². The number of amides is 1. The lowest BCUT2D eigenvalue weighted by Crippen LogP contribution is -2.43. The van der Waals surface area contributed by atoms with Crippen LogP contribution >= 0.6 is 0 Å². The number of carboxylic acid groups (broad SMARTS) is 1. The largest absolute Gasteiger partial charge is 0.480 e. The number of nitrogens with one attached hydrogen (secondary N) is 1. The number of alkyl carbamates (subject to hydrolysis) is 1. The Kier molecular flexibility index (Phi) is 5.69. The van der Waals surface area contributed by atoms with Crippen LogP contribution in [0.15, 0.2) is 24.3 Å². The normalized spacial score (nSPS) is 12.6. The minimum atomic E-state index is -1.14. The Morgan fingerprint density at radius 1 is 1.29 bits per heavy atom. The van der Waals surface area contributed by atoms with Gasteiger partial charge in [0.05, 0.1) is 0 Å². The predicted octanol–water partition coefficient (Wildman–Crippen LogP) is 2.74. The minimum absolute atomic E-state index is 0.195. The highest BCUT2D eigenvalue weighted by Gasteiger charge is 2.23. The van der Waals surface area contributed by atoms with Crippen molar-refractivity contribution in [3.05, 3.63) is 35.6 Å². The van der Waals surface area contributed by atoms with Crippen molar-refractivity contribution in [1.29, 1.82) is 0 Å². The van der Waals surface area contributed by atoms with Crippen LogP contribution in [0.4, 0.5) is 9.18 Å². The molecule has 0 aliphatic carbocycles. The summed E-state index contributed by atoms with van der Waals surface area (Å²) in [7, 11) is 0. The van der Waals surface area contributed by atoms with Gasteiger partial charge >= 0.3 is 12.1 Å². The summed E-state index contributed by atoms with van der Waals surface area (Å²) in [6, 6.07) is 4.74. The van der Waals surface area contributed by atoms with Gasteiger partial charge in [0.2, 0.25) is 0 Å². The lowest BCUT2D eigenvalue weighted by Gasteiger charge is -2.22. The van der Waals surface area contributed by atoms with Gasteiger partial charge < -0.3 is 15.2 Å². The van der Waals surface area contributed by atoms with E-state index < -0.39 is 23.7 Å². The molecule has 116 valence electrons. The molecule has 0 aliphatic heterocycles. The van der Waals surface area contributed by atoms with Gasteiger partial charge in [-0.3, -0.25) is 0 Å². The zero-order valence-electron chi connectivity index (χ0n) is 12.4. The van der Waals surface area contributed by atoms with Gasteiger partial charge in [-0.15, -0.1) is 0 Å². The van der Waals surface area contributed by atoms with E-state index in [4.69, 9.17) is 9.84 Å². The molecule has 0 spiro atoms. The van der Waals surface area contributed by atoms with Crippen molar-refractivity contribution in [2.45, 2.75) is 45.3 Å². The Bertz CT molecular complexity index is 493. The third kappa shape index (κ3) is 6.74. The molecule has 0 saturated heterocycles. The molecule has 1 atom stereocenters. The van der Waals surface area contributed by atoms with Crippen LogP contribution in [-0.4, -0.2) is 28.8 Å². The Hall–Kier alpha value is -2.11. The topological polar surface area (TPSA) is 75.6 Å². The summed E-state index contributed by atoms with van der Waals surface area (Å²) in [4.78, 5) is 22.7. The Morgan fingerprint density at radius 2 is 1.86 bits per heavy atom. The smallest absolute Gasteiger partial charge is 0.408 e. The molecule has 5 nitrogen and oxygen atoms in total. The van der Waals surface area contributed by atoms with Crippen LogP contribution in [-0.2, 0) is 16.0 Å². The maximum atomic E-state index is 12.8. The Morgan fingerprint density at radius 3 is 2.33 bits per heavy atom. The van der Waals surface area contributed by atoms with Crippen LogP contribution in [0.3, 0.4) is 0 Å². The summed E-state index contributed by atoms with van der Waals surface area (Å²) in [5.74, 6) is -1.48. The molecule has 2 N–H and O–H groups in total. The fourth-order valence-electron chi connectivity index (χ4n) is 1.67. The summed E-state index contributed by atoms with van der Waals surface area (Å²) >= 11 is 0. The fourth-order valence-corrected chi connectivity index (χ4v) is 1.67. The van der Waals surface area contributed by atoms with Crippen molar-refractivity contribution in [3.8, 4) is 0 Å². The Balaban J connectivity index is 2.56. The first-order valence-corrected chi connectivity index (χ1v) is 6.64. The van der Waals surface area contributed by atoms with Gasteiger partial charge in [-0.05, 0) is 51.3 Å². The molecule has 21 heavy (non-hydrogen) atoms. The summed E-state index contributed by atoms with van der Waals surface area (Å²) in [6.45, 7) is 5.09. The molecule has 1 aromatic carbocycles. The predicted molar refractivity (Wildman–Crippen MR) is 75.5 cm³/mol. The maximum absolute atomic E-state index is 12.8. The number of rotatable bonds is 5. The maximum Gasteiger partial charge on any atom is 0.408 e. The van der Waals surface area contributed by atoms with Crippen LogP contribution in [0.25, 0.3) is 0 Å². The highest BCUT2D eigenvalue weighted by molar-refractivity contribution is 5.80. The van der Waals surface area contributed by atoms with E-state index in [1.54, 1.807) is 32.9 Å². The molecule has 0 saturated carbocycles. The molecule has 1 rings (SSSR count). The van der Waals surface area contributed by atoms with E-state index in [1.807, 2.05) is 0 Å². The molecule has 1 amide bonds. The molecule has 0 heterocycles. The molecular formula is C15H20FNO4. The van der Waals surface area contributed by atoms with Crippen molar-refractivity contribution in [2.24, 2.45) is 0 Å². The number of halogens is 1. The van der Waals surface area contributed by atoms with Gasteiger partial charge in [-0.2, -0.15) is 0 Å². The van der Waals surface area contributed by atoms with Crippen molar-refractivity contribution in [1.82, 2.24) is 5.32 Å². The standard InChI is InChI=1S/C15H20FNO4/c1-15(2,3)21-14(20)17-12(13(18)19)9-6-10-4-7-11(16)8-5-10/h4-5,7-8,12H,6,9H2,1-3H3,(H,17,20)(H,18,19)/t12-/m1/s1. The quantitative estimate of drug-likeness (QED) is 0.876. The molecule has 0 bridgehead atoms. The summed E-state index contributed by atoms with van der Waals surface area (Å²) in [5.41, 5.74) is 0.109. The molecular weight excluding hydrogens is 277 g/mol. The average molecular weight is 297 g/mol. The van der Waals surface area contributed by atoms with E-state index in [2.05, 4.69) is 5.32 Å². The van der Waals surface area contributed by atoms with Gasteiger partial charge in [-0.1, -0.05) is 12.1 Å². The first kappa shape index (κ1) is 16.9. The van der Waals surface area contributed by atoms with E-state index in [0.717, 1.165) is 5.56 Å². The monoisotopic (exact) mass is 297 g/mol. The number of ether oxygens (including phenoxy) is 1. The number of aliphatic carboxylic acids is 1. The molecule has 0 aromatic heterocycles. The Labute approximate surface area is 123 Å². The number of carboxylic acids is 1. The number of aryl methyl sites for hydroxylation is 1. The zero-order valence-corrected chi connectivity index (χ0v) is 12.4. The van der Waals surface area contributed by atoms with Crippen molar-refractivity contribution in [2.75, 3.05) is 0 Å². The number of hydrogen-bond acceptors (Lipinski definition) is 3. The first-order valence-electron chi connectivity index (χ1n) is 6.64. The van der Waals surface area contributed by atoms with E-state index in [-0.39, 0.29) is 12.2 Å². The third-order valence-corrected chi connectivity index (χ3v) is 2.62. The number of benzene rings is 1. The zero-order chi connectivity index (χ0) is 16.0. The summed E-state index contributed by atoms with van der Waals surface area (Å²) < 4.78 is 17.8. The van der Waals surface area contributed by atoms with Crippen molar-refractivity contribution >= 4 is 12.1 Å². The van der Waals surface area contributed by atoms with Gasteiger partial charge in [0.1, 0.15) is 17.5 Å². The van der Waals surface area contributed by atoms with Gasteiger partial charge in [-0.25, -0.2) is 14.0 Å². The minimum Gasteiger partial charge on any atom is -0.480 e. The molecule has 0 unspecified atom stereocenters. The number of carbonyl (C=O) groups excluding carboxylic acids is 1. The summed E-state index contributed by atoms with van der Waals surface area (Å²) in [5, 5.41) is 11.4. The van der Waals surface area contributed by atoms with Crippen LogP contribution in [0.2, 0.25) is 0 Å². The second-order valence-corrected chi connectivity index (χ2v) is 5.70. The molecule has 0 fully saturated rings. The van der Waals surface area contributed by atoms with Crippen LogP contribution in [0.1, 0.15) is 32.8 Å². The average Bonchev–Trinajstić information content (AvgIpc) is 2.33. The van der Waals surface area contributed by atoms with Gasteiger partial charge in [0.25, 0.3) is 0 Å². The van der Waals surface area contributed by atoms with E-state index in [9.17, 15) is 14.0 Å². The van der Waals surface area contributed by atoms with E-state index in [1.165, 1.54) is 12.1 Å². The molecule has 6 heteroatoms. The van der Waals surface area contributed by atoms with Crippen LogP contribution < -0.4 is 5.32 Å². The summed E-state index contributed by atoms with van der Waals surface area (Å²) in [6.07, 6.45) is -0.165. The third-order valence-electron chi connectivity index (χ3n) is 2.62. The first-order chi connectivity index (χ1) is 9.67. The highest BCUT2D eigenvalue weighted by Crippen LogP contribution is 2.10. The van der Waals surface area contributed by atoms with Crippen LogP contribution in [0.5, 0.6) is 0 Å². The number of hydrogen-bond donors (Lipinski definition) is 2. The lowest BCUT2D eigenvalue weighted by molar-refractivity contribution is -0.139. The molecule has 0 aliphatic rings. The fraction of sp³-hybridized carbons (Fsp3) is 0.467. The van der Waals surface area contributed by atoms with Gasteiger partial charge in [0.15, 0.2) is 0 Å². The van der Waals surface area contributed by atoms with Gasteiger partial charge in [0, 0.05) is 0 Å². The second kappa shape index (κ2) is 7.06. The molecule has 1 aromatic rings. The highest BCUT2D eigenvalue weighted by atomic mass is 19.1. The lowest BCUT2D eigenvalue weighted by atomic mass is 10.1. The number of carbonyl (C=O) groups is 2. The van der Waals surface area contributed by atoms with Crippen molar-refractivity contribution in [3.63, 3.8) is 0 Å². The SMILES string of the molecule is CC(C)(C)OC(=O)N[C@H](CCc1ccc(F)cc1)C(=O)O. The molecule has 0 radical (unpaired) electrons. The van der Waals surface area contributed by atoms with Crippen LogP contribution in [0, 0.1) is 5.82 Å². The second-order valence-electron chi connectivity index (χ2n) is 5.70. The van der Waals surface area contributed by atoms with Crippen molar-refractivity contribution < 1.29 is 23.8 Å². The van der Waals surface area contributed by atoms with E-state index in [0.29, 0.717) is 6.42 Å².